The number of aliphatic hydroxyl groups is 2. The zero-order valence-corrected chi connectivity index (χ0v) is 8.46. The van der Waals surface area contributed by atoms with Gasteiger partial charge in [0.05, 0.1) is 6.10 Å². The summed E-state index contributed by atoms with van der Waals surface area (Å²) in [6.45, 7) is 1.61. The van der Waals surface area contributed by atoms with Crippen LogP contribution in [0.2, 0.25) is 0 Å². The standard InChI is InChI=1S/C9H15NO5/c1-5(11)7(12)8(13)10-4-2-3-6(10)9(14)15/h5-7,11-12H,2-4H2,1H3,(H,14,15)/t5-,6+,7+/m0/s1. The monoisotopic (exact) mass is 217 g/mol. The van der Waals surface area contributed by atoms with Gasteiger partial charge in [-0.15, -0.1) is 0 Å². The van der Waals surface area contributed by atoms with Crippen LogP contribution >= 0.6 is 0 Å². The molecule has 1 aliphatic heterocycles. The molecule has 0 spiro atoms. The van der Waals surface area contributed by atoms with E-state index in [1.54, 1.807) is 0 Å². The Morgan fingerprint density at radius 1 is 1.40 bits per heavy atom. The number of aliphatic carboxylic acids is 1. The highest BCUT2D eigenvalue weighted by molar-refractivity contribution is 5.87. The molecule has 6 nitrogen and oxygen atoms in total. The van der Waals surface area contributed by atoms with Crippen molar-refractivity contribution >= 4 is 11.9 Å². The highest BCUT2D eigenvalue weighted by Gasteiger charge is 2.37. The Bertz CT molecular complexity index is 265. The number of carbonyl (C=O) groups excluding carboxylic acids is 1. The molecule has 0 saturated carbocycles. The van der Waals surface area contributed by atoms with E-state index in [0.29, 0.717) is 19.4 Å². The van der Waals surface area contributed by atoms with E-state index in [2.05, 4.69) is 0 Å². The lowest BCUT2D eigenvalue weighted by atomic mass is 10.1. The van der Waals surface area contributed by atoms with Crippen molar-refractivity contribution < 1.29 is 24.9 Å². The number of likely N-dealkylation sites (tertiary alicyclic amines) is 1. The summed E-state index contributed by atoms with van der Waals surface area (Å²) in [6, 6.07) is -0.870. The first-order valence-electron chi connectivity index (χ1n) is 4.84. The molecule has 3 N–H and O–H groups in total. The molecule has 0 unspecified atom stereocenters. The van der Waals surface area contributed by atoms with Crippen LogP contribution in [-0.2, 0) is 9.59 Å². The van der Waals surface area contributed by atoms with Crippen molar-refractivity contribution in [2.24, 2.45) is 0 Å². The fraction of sp³-hybridized carbons (Fsp3) is 0.778. The van der Waals surface area contributed by atoms with Gasteiger partial charge < -0.3 is 20.2 Å². The lowest BCUT2D eigenvalue weighted by Crippen LogP contribution is -2.48. The third-order valence-electron chi connectivity index (χ3n) is 2.53. The van der Waals surface area contributed by atoms with E-state index in [-0.39, 0.29) is 0 Å². The Hall–Kier alpha value is -1.14. The van der Waals surface area contributed by atoms with E-state index >= 15 is 0 Å². The third kappa shape index (κ3) is 2.45. The topological polar surface area (TPSA) is 98.1 Å². The van der Waals surface area contributed by atoms with Gasteiger partial charge in [-0.2, -0.15) is 0 Å². The molecule has 0 aromatic rings. The summed E-state index contributed by atoms with van der Waals surface area (Å²) < 4.78 is 0. The number of nitrogens with zero attached hydrogens (tertiary/aromatic N) is 1. The summed E-state index contributed by atoms with van der Waals surface area (Å²) in [7, 11) is 0. The van der Waals surface area contributed by atoms with Crippen LogP contribution in [0.3, 0.4) is 0 Å². The summed E-state index contributed by atoms with van der Waals surface area (Å²) in [5.41, 5.74) is 0. The van der Waals surface area contributed by atoms with Crippen LogP contribution in [0.1, 0.15) is 19.8 Å². The molecule has 1 rings (SSSR count). The molecule has 1 fully saturated rings. The van der Waals surface area contributed by atoms with Crippen LogP contribution in [0, 0.1) is 0 Å². The molecule has 1 aliphatic rings. The Morgan fingerprint density at radius 3 is 2.47 bits per heavy atom. The van der Waals surface area contributed by atoms with Gasteiger partial charge in [0.25, 0.3) is 5.91 Å². The molecule has 0 bridgehead atoms. The van der Waals surface area contributed by atoms with Crippen molar-refractivity contribution in [3.8, 4) is 0 Å². The molecule has 3 atom stereocenters. The molecule has 1 amide bonds. The largest absolute Gasteiger partial charge is 0.480 e. The minimum absolute atomic E-state index is 0.319. The summed E-state index contributed by atoms with van der Waals surface area (Å²) in [5, 5.41) is 27.2. The maximum atomic E-state index is 11.6. The Balaban J connectivity index is 2.70. The van der Waals surface area contributed by atoms with Crippen molar-refractivity contribution in [1.82, 2.24) is 4.90 Å². The highest BCUT2D eigenvalue weighted by Crippen LogP contribution is 2.19. The predicted octanol–water partition coefficient (Wildman–Crippen LogP) is -1.20. The van der Waals surface area contributed by atoms with E-state index in [9.17, 15) is 14.7 Å². The quantitative estimate of drug-likeness (QED) is 0.552. The van der Waals surface area contributed by atoms with Crippen LogP contribution in [0.4, 0.5) is 0 Å². The molecule has 6 heteroatoms. The minimum atomic E-state index is -1.54. The number of hydrogen-bond acceptors (Lipinski definition) is 4. The van der Waals surface area contributed by atoms with Crippen LogP contribution in [0.15, 0.2) is 0 Å². The van der Waals surface area contributed by atoms with Crippen LogP contribution < -0.4 is 0 Å². The van der Waals surface area contributed by atoms with Gasteiger partial charge in [-0.3, -0.25) is 4.79 Å². The number of carboxylic acid groups (broad SMARTS) is 1. The first kappa shape index (κ1) is 11.9. The van der Waals surface area contributed by atoms with E-state index in [0.717, 1.165) is 4.90 Å². The van der Waals surface area contributed by atoms with Crippen molar-refractivity contribution in [2.45, 2.75) is 38.0 Å². The predicted molar refractivity (Wildman–Crippen MR) is 50.1 cm³/mol. The van der Waals surface area contributed by atoms with E-state index in [1.807, 2.05) is 0 Å². The van der Waals surface area contributed by atoms with Crippen LogP contribution in [-0.4, -0.2) is 56.9 Å². The second-order valence-electron chi connectivity index (χ2n) is 3.71. The SMILES string of the molecule is C[C@H](O)[C@@H](O)C(=O)N1CCC[C@@H]1C(=O)O. The Labute approximate surface area is 87.1 Å². The molecule has 0 aromatic carbocycles. The van der Waals surface area contributed by atoms with Gasteiger partial charge in [-0.05, 0) is 19.8 Å². The number of aliphatic hydroxyl groups excluding tert-OH is 2. The summed E-state index contributed by atoms with van der Waals surface area (Å²) >= 11 is 0. The zero-order valence-electron chi connectivity index (χ0n) is 8.46. The van der Waals surface area contributed by atoms with Gasteiger partial charge in [0.2, 0.25) is 0 Å². The van der Waals surface area contributed by atoms with E-state index < -0.39 is 30.1 Å². The molecule has 0 aromatic heterocycles. The molecule has 0 aliphatic carbocycles. The Kier molecular flexibility index (Phi) is 3.65. The average molecular weight is 217 g/mol. The molecule has 86 valence electrons. The average Bonchev–Trinajstić information content (AvgIpc) is 2.63. The molecule has 1 saturated heterocycles. The number of hydrogen-bond donors (Lipinski definition) is 3. The second-order valence-corrected chi connectivity index (χ2v) is 3.71. The van der Waals surface area contributed by atoms with Gasteiger partial charge >= 0.3 is 5.97 Å². The van der Waals surface area contributed by atoms with Crippen molar-refractivity contribution in [2.75, 3.05) is 6.54 Å². The Morgan fingerprint density at radius 2 is 2.00 bits per heavy atom. The summed E-state index contributed by atoms with van der Waals surface area (Å²) in [4.78, 5) is 23.4. The number of carbonyl (C=O) groups is 2. The third-order valence-corrected chi connectivity index (χ3v) is 2.53. The molecular weight excluding hydrogens is 202 g/mol. The van der Waals surface area contributed by atoms with Gasteiger partial charge in [0, 0.05) is 6.54 Å². The van der Waals surface area contributed by atoms with Crippen LogP contribution in [0.25, 0.3) is 0 Å². The zero-order chi connectivity index (χ0) is 11.6. The molecule has 1 heterocycles. The first-order valence-corrected chi connectivity index (χ1v) is 4.84. The summed E-state index contributed by atoms with van der Waals surface area (Å²) in [5.74, 6) is -1.78. The lowest BCUT2D eigenvalue weighted by Gasteiger charge is -2.25. The highest BCUT2D eigenvalue weighted by atomic mass is 16.4. The van der Waals surface area contributed by atoms with E-state index in [1.165, 1.54) is 6.92 Å². The first-order chi connectivity index (χ1) is 6.95. The maximum Gasteiger partial charge on any atom is 0.326 e. The number of amides is 1. The fourth-order valence-electron chi connectivity index (χ4n) is 1.66. The van der Waals surface area contributed by atoms with Gasteiger partial charge in [0.1, 0.15) is 6.04 Å². The lowest BCUT2D eigenvalue weighted by molar-refractivity contribution is -0.155. The second kappa shape index (κ2) is 4.59. The van der Waals surface area contributed by atoms with Gasteiger partial charge in [-0.1, -0.05) is 0 Å². The fourth-order valence-corrected chi connectivity index (χ4v) is 1.66. The number of rotatable bonds is 3. The molecule has 0 radical (unpaired) electrons. The van der Waals surface area contributed by atoms with Crippen molar-refractivity contribution in [3.63, 3.8) is 0 Å². The van der Waals surface area contributed by atoms with Crippen LogP contribution in [0.5, 0.6) is 0 Å². The van der Waals surface area contributed by atoms with Gasteiger partial charge in [-0.25, -0.2) is 4.79 Å². The smallest absolute Gasteiger partial charge is 0.326 e. The van der Waals surface area contributed by atoms with Crippen molar-refractivity contribution in [1.29, 1.82) is 0 Å². The van der Waals surface area contributed by atoms with E-state index in [4.69, 9.17) is 10.2 Å². The molecular formula is C9H15NO5. The summed E-state index contributed by atoms with van der Waals surface area (Å²) in [6.07, 6.45) is -1.72. The minimum Gasteiger partial charge on any atom is -0.480 e. The van der Waals surface area contributed by atoms with Crippen molar-refractivity contribution in [3.05, 3.63) is 0 Å². The maximum absolute atomic E-state index is 11.6. The van der Waals surface area contributed by atoms with Gasteiger partial charge in [0.15, 0.2) is 6.10 Å². The molecule has 15 heavy (non-hydrogen) atoms. The normalized spacial score (nSPS) is 25.0. The number of carboxylic acids is 1.